The van der Waals surface area contributed by atoms with Crippen LogP contribution < -0.4 is 4.74 Å². The lowest BCUT2D eigenvalue weighted by atomic mass is 10.00. The highest BCUT2D eigenvalue weighted by Gasteiger charge is 2.21. The monoisotopic (exact) mass is 402 g/mol. The molecule has 0 saturated carbocycles. The van der Waals surface area contributed by atoms with Crippen molar-refractivity contribution in [1.82, 2.24) is 9.80 Å². The maximum Gasteiger partial charge on any atom is 0.237 e. The van der Waals surface area contributed by atoms with E-state index in [1.807, 2.05) is 47.2 Å². The zero-order chi connectivity index (χ0) is 17.6. The zero-order valence-corrected chi connectivity index (χ0v) is 16.0. The smallest absolute Gasteiger partial charge is 0.237 e. The quantitative estimate of drug-likeness (QED) is 0.742. The summed E-state index contributed by atoms with van der Waals surface area (Å²) in [5.41, 5.74) is 2.63. The number of benzene rings is 2. The van der Waals surface area contributed by atoms with E-state index >= 15 is 0 Å². The zero-order valence-electron chi connectivity index (χ0n) is 14.5. The molecule has 2 aromatic rings. The van der Waals surface area contributed by atoms with E-state index in [1.54, 1.807) is 0 Å². The summed E-state index contributed by atoms with van der Waals surface area (Å²) in [6, 6.07) is 16.1. The van der Waals surface area contributed by atoms with Gasteiger partial charge in [-0.1, -0.05) is 40.2 Å². The van der Waals surface area contributed by atoms with Crippen molar-refractivity contribution in [1.29, 1.82) is 0 Å². The predicted molar refractivity (Wildman–Crippen MR) is 103 cm³/mol. The molecule has 2 aromatic carbocycles. The topological polar surface area (TPSA) is 32.8 Å². The second-order valence-electron chi connectivity index (χ2n) is 6.37. The van der Waals surface area contributed by atoms with E-state index < -0.39 is 0 Å². The molecule has 4 nitrogen and oxygen atoms in total. The third-order valence-electron chi connectivity index (χ3n) is 4.44. The van der Waals surface area contributed by atoms with E-state index in [9.17, 15) is 4.79 Å². The standard InChI is InChI=1S/C20H23BrN2O2/c1-22(12-13-25-19-8-6-18(21)7-9-19)15-20(24)23-11-10-16-4-2-3-5-17(16)14-23/h2-9H,10-15H2,1H3. The van der Waals surface area contributed by atoms with Crippen molar-refractivity contribution < 1.29 is 9.53 Å². The Balaban J connectivity index is 1.42. The molecular formula is C20H23BrN2O2. The van der Waals surface area contributed by atoms with Gasteiger partial charge in [0.05, 0.1) is 6.54 Å². The second-order valence-corrected chi connectivity index (χ2v) is 7.29. The minimum absolute atomic E-state index is 0.181. The van der Waals surface area contributed by atoms with E-state index in [0.29, 0.717) is 19.7 Å². The number of rotatable bonds is 6. The summed E-state index contributed by atoms with van der Waals surface area (Å²) in [6.45, 7) is 3.23. The molecule has 0 saturated heterocycles. The molecule has 0 radical (unpaired) electrons. The average molecular weight is 403 g/mol. The lowest BCUT2D eigenvalue weighted by Crippen LogP contribution is -2.42. The lowest BCUT2D eigenvalue weighted by molar-refractivity contribution is -0.133. The second kappa shape index (κ2) is 8.50. The number of carbonyl (C=O) groups is 1. The molecule has 5 heteroatoms. The van der Waals surface area contributed by atoms with Gasteiger partial charge in [0, 0.05) is 24.1 Å². The van der Waals surface area contributed by atoms with Gasteiger partial charge in [0.15, 0.2) is 0 Å². The van der Waals surface area contributed by atoms with Crippen LogP contribution in [0.2, 0.25) is 0 Å². The van der Waals surface area contributed by atoms with Crippen molar-refractivity contribution in [3.63, 3.8) is 0 Å². The number of ether oxygens (including phenoxy) is 1. The Morgan fingerprint density at radius 2 is 1.88 bits per heavy atom. The van der Waals surface area contributed by atoms with Crippen LogP contribution in [0.5, 0.6) is 5.75 Å². The molecule has 0 unspecified atom stereocenters. The highest BCUT2D eigenvalue weighted by Crippen LogP contribution is 2.19. The third-order valence-corrected chi connectivity index (χ3v) is 4.97. The van der Waals surface area contributed by atoms with Gasteiger partial charge in [-0.2, -0.15) is 0 Å². The third kappa shape index (κ3) is 5.06. The Hall–Kier alpha value is -1.85. The van der Waals surface area contributed by atoms with Crippen LogP contribution in [0.4, 0.5) is 0 Å². The van der Waals surface area contributed by atoms with Gasteiger partial charge in [-0.25, -0.2) is 0 Å². The number of hydrogen-bond acceptors (Lipinski definition) is 3. The SMILES string of the molecule is CN(CCOc1ccc(Br)cc1)CC(=O)N1CCc2ccccc2C1. The van der Waals surface area contributed by atoms with Crippen LogP contribution in [0.15, 0.2) is 53.0 Å². The van der Waals surface area contributed by atoms with Crippen LogP contribution in [0, 0.1) is 0 Å². The minimum atomic E-state index is 0.181. The molecule has 3 rings (SSSR count). The molecule has 132 valence electrons. The fraction of sp³-hybridized carbons (Fsp3) is 0.350. The Morgan fingerprint density at radius 1 is 1.16 bits per heavy atom. The maximum atomic E-state index is 12.5. The van der Waals surface area contributed by atoms with Gasteiger partial charge < -0.3 is 9.64 Å². The number of carbonyl (C=O) groups excluding carboxylic acids is 1. The molecule has 0 spiro atoms. The molecule has 1 aliphatic heterocycles. The van der Waals surface area contributed by atoms with E-state index in [2.05, 4.69) is 34.1 Å². The summed E-state index contributed by atoms with van der Waals surface area (Å²) in [5.74, 6) is 1.02. The van der Waals surface area contributed by atoms with Crippen LogP contribution in [-0.2, 0) is 17.8 Å². The molecule has 1 heterocycles. The first-order valence-electron chi connectivity index (χ1n) is 8.53. The summed E-state index contributed by atoms with van der Waals surface area (Å²) in [7, 11) is 1.96. The minimum Gasteiger partial charge on any atom is -0.492 e. The predicted octanol–water partition coefficient (Wildman–Crippen LogP) is 3.34. The highest BCUT2D eigenvalue weighted by molar-refractivity contribution is 9.10. The fourth-order valence-electron chi connectivity index (χ4n) is 2.97. The summed E-state index contributed by atoms with van der Waals surface area (Å²) < 4.78 is 6.75. The maximum absolute atomic E-state index is 12.5. The first kappa shape index (κ1) is 18.0. The van der Waals surface area contributed by atoms with Gasteiger partial charge in [-0.3, -0.25) is 9.69 Å². The Labute approximate surface area is 157 Å². The number of nitrogens with zero attached hydrogens (tertiary/aromatic N) is 2. The molecule has 0 N–H and O–H groups in total. The first-order valence-corrected chi connectivity index (χ1v) is 9.32. The van der Waals surface area contributed by atoms with E-state index in [1.165, 1.54) is 11.1 Å². The van der Waals surface area contributed by atoms with Crippen LogP contribution in [0.25, 0.3) is 0 Å². The van der Waals surface area contributed by atoms with Gasteiger partial charge in [0.2, 0.25) is 5.91 Å². The van der Waals surface area contributed by atoms with E-state index in [4.69, 9.17) is 4.74 Å². The normalized spacial score (nSPS) is 13.6. The number of halogens is 1. The van der Waals surface area contributed by atoms with Gasteiger partial charge in [-0.05, 0) is 48.9 Å². The van der Waals surface area contributed by atoms with Crippen molar-refractivity contribution in [2.45, 2.75) is 13.0 Å². The van der Waals surface area contributed by atoms with E-state index in [0.717, 1.165) is 29.7 Å². The number of likely N-dealkylation sites (N-methyl/N-ethyl adjacent to an activating group) is 1. The van der Waals surface area contributed by atoms with Crippen LogP contribution in [0.3, 0.4) is 0 Å². The summed E-state index contributed by atoms with van der Waals surface area (Å²) in [5, 5.41) is 0. The Morgan fingerprint density at radius 3 is 2.64 bits per heavy atom. The molecule has 1 aliphatic rings. The highest BCUT2D eigenvalue weighted by atomic mass is 79.9. The molecule has 0 aromatic heterocycles. The largest absolute Gasteiger partial charge is 0.492 e. The van der Waals surface area contributed by atoms with Gasteiger partial charge in [-0.15, -0.1) is 0 Å². The molecule has 1 amide bonds. The van der Waals surface area contributed by atoms with Crippen LogP contribution in [0.1, 0.15) is 11.1 Å². The van der Waals surface area contributed by atoms with Crippen molar-refractivity contribution in [3.05, 3.63) is 64.1 Å². The van der Waals surface area contributed by atoms with Crippen LogP contribution in [-0.4, -0.2) is 49.0 Å². The molecule has 0 aliphatic carbocycles. The van der Waals surface area contributed by atoms with E-state index in [-0.39, 0.29) is 5.91 Å². The van der Waals surface area contributed by atoms with Crippen molar-refractivity contribution in [2.75, 3.05) is 33.3 Å². The summed E-state index contributed by atoms with van der Waals surface area (Å²) >= 11 is 3.41. The number of fused-ring (bicyclic) bond motifs is 1. The average Bonchev–Trinajstić information content (AvgIpc) is 2.63. The fourth-order valence-corrected chi connectivity index (χ4v) is 3.23. The van der Waals surface area contributed by atoms with Gasteiger partial charge in [0.25, 0.3) is 0 Å². The Bertz CT molecular complexity index is 718. The molecule has 0 atom stereocenters. The Kier molecular flexibility index (Phi) is 6.10. The molecule has 0 bridgehead atoms. The molecular weight excluding hydrogens is 380 g/mol. The van der Waals surface area contributed by atoms with Crippen molar-refractivity contribution in [2.24, 2.45) is 0 Å². The molecule has 25 heavy (non-hydrogen) atoms. The number of amides is 1. The summed E-state index contributed by atoms with van der Waals surface area (Å²) in [6.07, 6.45) is 0.943. The lowest BCUT2D eigenvalue weighted by Gasteiger charge is -2.30. The number of hydrogen-bond donors (Lipinski definition) is 0. The molecule has 0 fully saturated rings. The first-order chi connectivity index (χ1) is 12.1. The van der Waals surface area contributed by atoms with Crippen LogP contribution >= 0.6 is 15.9 Å². The van der Waals surface area contributed by atoms with Gasteiger partial charge >= 0.3 is 0 Å². The van der Waals surface area contributed by atoms with Gasteiger partial charge in [0.1, 0.15) is 12.4 Å². The summed E-state index contributed by atoms with van der Waals surface area (Å²) in [4.78, 5) is 16.5. The van der Waals surface area contributed by atoms with Crippen molar-refractivity contribution in [3.8, 4) is 5.75 Å². The van der Waals surface area contributed by atoms with Crippen molar-refractivity contribution >= 4 is 21.8 Å².